The summed E-state index contributed by atoms with van der Waals surface area (Å²) < 4.78 is 7.72. The van der Waals surface area contributed by atoms with Crippen LogP contribution < -0.4 is 5.46 Å². The smallest absolute Gasteiger partial charge is 0.168 e. The summed E-state index contributed by atoms with van der Waals surface area (Å²) in [5.74, 6) is -2.91. The average Bonchev–Trinajstić information content (AvgIpc) is 3.44. The summed E-state index contributed by atoms with van der Waals surface area (Å²) in [5, 5.41) is 43.1. The molecule has 0 aliphatic carbocycles. The van der Waals surface area contributed by atoms with Crippen LogP contribution in [0.4, 0.5) is 0 Å². The lowest BCUT2D eigenvalue weighted by atomic mass is 9.89. The standard InChI is InChI=1S/C25H14BClN2O5/c26-19-24(32)22(30)18(23(31)25(19)33)12-5-3-6-13(20(12)27)29-10-28-21-14(29)8-9-16-17(21)11-4-1-2-7-15(11)34-16/h1-10,30-33H. The molecule has 2 aromatic heterocycles. The quantitative estimate of drug-likeness (QED) is 0.164. The van der Waals surface area contributed by atoms with Crippen LogP contribution in [0.15, 0.2) is 65.3 Å². The minimum Gasteiger partial charge on any atom is -0.505 e. The number of benzene rings is 4. The molecule has 6 aromatic rings. The van der Waals surface area contributed by atoms with Crippen LogP contribution in [0.1, 0.15) is 0 Å². The molecule has 2 heterocycles. The van der Waals surface area contributed by atoms with Crippen LogP contribution >= 0.6 is 11.6 Å². The van der Waals surface area contributed by atoms with Crippen molar-refractivity contribution in [2.24, 2.45) is 0 Å². The summed E-state index contributed by atoms with van der Waals surface area (Å²) in [6.45, 7) is 0. The number of fused-ring (bicyclic) bond motifs is 5. The molecule has 34 heavy (non-hydrogen) atoms. The van der Waals surface area contributed by atoms with Crippen LogP contribution in [-0.4, -0.2) is 37.8 Å². The lowest BCUT2D eigenvalue weighted by Crippen LogP contribution is -2.05. The second-order valence-electron chi connectivity index (χ2n) is 7.84. The van der Waals surface area contributed by atoms with Gasteiger partial charge in [0.25, 0.3) is 0 Å². The maximum Gasteiger partial charge on any atom is 0.168 e. The number of rotatable bonds is 2. The Kier molecular flexibility index (Phi) is 4.24. The normalized spacial score (nSPS) is 11.7. The molecular formula is C25H14BClN2O5. The fourth-order valence-electron chi connectivity index (χ4n) is 4.35. The van der Waals surface area contributed by atoms with Crippen molar-refractivity contribution in [1.29, 1.82) is 0 Å². The number of para-hydroxylation sites is 1. The highest BCUT2D eigenvalue weighted by Gasteiger charge is 2.25. The highest BCUT2D eigenvalue weighted by atomic mass is 35.5. The van der Waals surface area contributed by atoms with Gasteiger partial charge in [0.2, 0.25) is 0 Å². The van der Waals surface area contributed by atoms with Gasteiger partial charge in [-0.05, 0) is 29.7 Å². The molecule has 0 saturated carbocycles. The highest BCUT2D eigenvalue weighted by molar-refractivity contribution is 6.38. The first-order valence-electron chi connectivity index (χ1n) is 10.2. The van der Waals surface area contributed by atoms with E-state index in [-0.39, 0.29) is 16.1 Å². The molecule has 0 aliphatic heterocycles. The molecule has 0 bridgehead atoms. The molecule has 4 aromatic carbocycles. The molecular weight excluding hydrogens is 455 g/mol. The zero-order valence-electron chi connectivity index (χ0n) is 17.3. The van der Waals surface area contributed by atoms with Gasteiger partial charge in [-0.15, -0.1) is 0 Å². The van der Waals surface area contributed by atoms with Crippen molar-refractivity contribution in [1.82, 2.24) is 9.55 Å². The molecule has 0 amide bonds. The number of aromatic nitrogens is 2. The van der Waals surface area contributed by atoms with E-state index in [2.05, 4.69) is 4.98 Å². The topological polar surface area (TPSA) is 112 Å². The van der Waals surface area contributed by atoms with Gasteiger partial charge in [-0.2, -0.15) is 0 Å². The van der Waals surface area contributed by atoms with Crippen LogP contribution in [-0.2, 0) is 0 Å². The van der Waals surface area contributed by atoms with Gasteiger partial charge >= 0.3 is 0 Å². The van der Waals surface area contributed by atoms with E-state index in [1.165, 1.54) is 6.07 Å². The third-order valence-electron chi connectivity index (χ3n) is 6.00. The molecule has 7 nitrogen and oxygen atoms in total. The highest BCUT2D eigenvalue weighted by Crippen LogP contribution is 2.49. The number of phenolic OH excluding ortho intramolecular Hbond substituents is 4. The summed E-state index contributed by atoms with van der Waals surface area (Å²) in [4.78, 5) is 4.61. The van der Waals surface area contributed by atoms with Gasteiger partial charge < -0.3 is 24.8 Å². The number of furan rings is 1. The summed E-state index contributed by atoms with van der Waals surface area (Å²) >= 11 is 6.73. The molecule has 2 radical (unpaired) electrons. The molecule has 0 atom stereocenters. The van der Waals surface area contributed by atoms with Gasteiger partial charge in [-0.1, -0.05) is 41.9 Å². The Hall–Kier alpha value is -4.30. The zero-order chi connectivity index (χ0) is 23.7. The SMILES string of the molecule is [B]c1c(O)c(O)c(-c2cccc(-n3cnc4c5c(ccc43)oc3ccccc35)c2Cl)c(O)c1O. The van der Waals surface area contributed by atoms with Crippen LogP contribution in [0.2, 0.25) is 5.02 Å². The van der Waals surface area contributed by atoms with Crippen molar-refractivity contribution in [3.63, 3.8) is 0 Å². The number of imidazole rings is 1. The van der Waals surface area contributed by atoms with E-state index in [4.69, 9.17) is 23.9 Å². The Morgan fingerprint density at radius 1 is 0.824 bits per heavy atom. The maximum absolute atomic E-state index is 10.5. The van der Waals surface area contributed by atoms with Crippen LogP contribution in [0, 0.1) is 0 Å². The van der Waals surface area contributed by atoms with Gasteiger partial charge in [-0.3, -0.25) is 4.57 Å². The molecule has 6 rings (SSSR count). The minimum atomic E-state index is -0.755. The van der Waals surface area contributed by atoms with E-state index in [1.807, 2.05) is 36.4 Å². The Bertz CT molecular complexity index is 1760. The van der Waals surface area contributed by atoms with E-state index in [9.17, 15) is 20.4 Å². The molecule has 0 fully saturated rings. The first-order chi connectivity index (χ1) is 16.4. The van der Waals surface area contributed by atoms with Crippen molar-refractivity contribution in [2.45, 2.75) is 0 Å². The Morgan fingerprint density at radius 2 is 1.56 bits per heavy atom. The molecule has 0 spiro atoms. The lowest BCUT2D eigenvalue weighted by Gasteiger charge is -2.16. The molecule has 0 unspecified atom stereocenters. The molecule has 4 N–H and O–H groups in total. The van der Waals surface area contributed by atoms with Crippen LogP contribution in [0.25, 0.3) is 49.8 Å². The van der Waals surface area contributed by atoms with Gasteiger partial charge in [-0.25, -0.2) is 4.98 Å². The second-order valence-corrected chi connectivity index (χ2v) is 8.22. The molecule has 9 heteroatoms. The van der Waals surface area contributed by atoms with Gasteiger partial charge in [0.1, 0.15) is 30.9 Å². The Balaban J connectivity index is 1.62. The first-order valence-corrected chi connectivity index (χ1v) is 10.6. The van der Waals surface area contributed by atoms with Crippen molar-refractivity contribution < 1.29 is 24.8 Å². The third kappa shape index (κ3) is 2.63. The van der Waals surface area contributed by atoms with E-state index < -0.39 is 28.5 Å². The Morgan fingerprint density at radius 3 is 2.32 bits per heavy atom. The molecule has 0 saturated heterocycles. The summed E-state index contributed by atoms with van der Waals surface area (Å²) in [6.07, 6.45) is 1.62. The maximum atomic E-state index is 10.5. The van der Waals surface area contributed by atoms with Crippen LogP contribution in [0.5, 0.6) is 23.0 Å². The van der Waals surface area contributed by atoms with Crippen molar-refractivity contribution in [3.8, 4) is 39.8 Å². The number of hydrogen-bond acceptors (Lipinski definition) is 6. The third-order valence-corrected chi connectivity index (χ3v) is 6.39. The number of aromatic hydroxyl groups is 4. The van der Waals surface area contributed by atoms with E-state index in [0.29, 0.717) is 11.3 Å². The van der Waals surface area contributed by atoms with Crippen molar-refractivity contribution >= 4 is 57.9 Å². The van der Waals surface area contributed by atoms with E-state index >= 15 is 0 Å². The Labute approximate surface area is 198 Å². The number of hydrogen-bond donors (Lipinski definition) is 4. The first kappa shape index (κ1) is 20.3. The predicted octanol–water partition coefficient (Wildman–Crippen LogP) is 4.86. The number of halogens is 1. The molecule has 164 valence electrons. The summed E-state index contributed by atoms with van der Waals surface area (Å²) in [6, 6.07) is 16.4. The zero-order valence-corrected chi connectivity index (χ0v) is 18.1. The largest absolute Gasteiger partial charge is 0.505 e. The monoisotopic (exact) mass is 468 g/mol. The van der Waals surface area contributed by atoms with Crippen LogP contribution in [0.3, 0.4) is 0 Å². The van der Waals surface area contributed by atoms with E-state index in [1.54, 1.807) is 23.0 Å². The number of phenols is 4. The van der Waals surface area contributed by atoms with E-state index in [0.717, 1.165) is 27.4 Å². The van der Waals surface area contributed by atoms with Crippen molar-refractivity contribution in [3.05, 3.63) is 65.9 Å². The van der Waals surface area contributed by atoms with Crippen molar-refractivity contribution in [2.75, 3.05) is 0 Å². The fourth-order valence-corrected chi connectivity index (χ4v) is 4.66. The second kappa shape index (κ2) is 7.10. The summed E-state index contributed by atoms with van der Waals surface area (Å²) in [7, 11) is 5.54. The lowest BCUT2D eigenvalue weighted by molar-refractivity contribution is 0.380. The fraction of sp³-hybridized carbons (Fsp3) is 0. The number of nitrogens with zero attached hydrogens (tertiary/aromatic N) is 2. The molecule has 0 aliphatic rings. The van der Waals surface area contributed by atoms with Gasteiger partial charge in [0.15, 0.2) is 23.0 Å². The van der Waals surface area contributed by atoms with Gasteiger partial charge in [0.05, 0.1) is 27.2 Å². The van der Waals surface area contributed by atoms with Gasteiger partial charge in [0, 0.05) is 10.9 Å². The average molecular weight is 469 g/mol. The summed E-state index contributed by atoms with van der Waals surface area (Å²) in [5.41, 5.74) is 2.84. The minimum absolute atomic E-state index is 0.146. The predicted molar refractivity (Wildman–Crippen MR) is 131 cm³/mol.